The molecule has 1 aromatic heterocycles. The predicted octanol–water partition coefficient (Wildman–Crippen LogP) is 1.41. The molecule has 0 atom stereocenters. The van der Waals surface area contributed by atoms with Crippen molar-refractivity contribution in [1.82, 2.24) is 20.4 Å². The first-order valence-corrected chi connectivity index (χ1v) is 9.57. The molecule has 2 aliphatic rings. The van der Waals surface area contributed by atoms with E-state index in [4.69, 9.17) is 4.74 Å². The minimum atomic E-state index is -0.311. The first-order chi connectivity index (χ1) is 12.3. The molecule has 1 aromatic rings. The molecule has 1 amide bonds. The van der Waals surface area contributed by atoms with Crippen LogP contribution in [-0.2, 0) is 11.3 Å². The third kappa shape index (κ3) is 4.09. The molecule has 3 rings (SSSR count). The third-order valence-corrected chi connectivity index (χ3v) is 5.15. The minimum absolute atomic E-state index is 0.0556. The summed E-state index contributed by atoms with van der Waals surface area (Å²) in [5.41, 5.74) is 0.668. The van der Waals surface area contributed by atoms with Gasteiger partial charge in [0.25, 0.3) is 5.56 Å². The first kappa shape index (κ1) is 18.9. The molecule has 2 heterocycles. The van der Waals surface area contributed by atoms with Crippen LogP contribution < -0.4 is 20.9 Å². The Morgan fingerprint density at radius 3 is 2.65 bits per heavy atom. The fourth-order valence-corrected chi connectivity index (χ4v) is 3.60. The number of ether oxygens (including phenoxy) is 1. The van der Waals surface area contributed by atoms with Gasteiger partial charge in [0.2, 0.25) is 5.91 Å². The van der Waals surface area contributed by atoms with E-state index < -0.39 is 0 Å². The molecule has 26 heavy (non-hydrogen) atoms. The molecule has 0 bridgehead atoms. The average molecular weight is 362 g/mol. The summed E-state index contributed by atoms with van der Waals surface area (Å²) in [5.74, 6) is 0.819. The minimum Gasteiger partial charge on any atom is -0.491 e. The monoisotopic (exact) mass is 362 g/mol. The lowest BCUT2D eigenvalue weighted by Gasteiger charge is -2.54. The molecule has 2 fully saturated rings. The number of nitrogens with one attached hydrogen (secondary N) is 2. The van der Waals surface area contributed by atoms with Gasteiger partial charge >= 0.3 is 0 Å². The lowest BCUT2D eigenvalue weighted by Crippen LogP contribution is -2.69. The topological polar surface area (TPSA) is 85.2 Å². The summed E-state index contributed by atoms with van der Waals surface area (Å²) < 4.78 is 6.99. The van der Waals surface area contributed by atoms with Crippen molar-refractivity contribution in [3.8, 4) is 5.75 Å². The molecule has 1 saturated carbocycles. The van der Waals surface area contributed by atoms with Crippen LogP contribution in [0.1, 0.15) is 58.6 Å². The van der Waals surface area contributed by atoms with E-state index in [2.05, 4.69) is 29.6 Å². The van der Waals surface area contributed by atoms with Gasteiger partial charge in [0.1, 0.15) is 18.0 Å². The fraction of sp³-hybridized carbons (Fsp3) is 0.737. The summed E-state index contributed by atoms with van der Waals surface area (Å²) in [4.78, 5) is 24.7. The highest BCUT2D eigenvalue weighted by molar-refractivity contribution is 5.76. The smallest absolute Gasteiger partial charge is 0.270 e. The van der Waals surface area contributed by atoms with Gasteiger partial charge in [-0.25, -0.2) is 4.68 Å². The van der Waals surface area contributed by atoms with Crippen LogP contribution in [-0.4, -0.2) is 40.4 Å². The van der Waals surface area contributed by atoms with Crippen molar-refractivity contribution in [3.63, 3.8) is 0 Å². The van der Waals surface area contributed by atoms with Gasteiger partial charge in [-0.05, 0) is 31.7 Å². The molecule has 1 aliphatic heterocycles. The lowest BCUT2D eigenvalue weighted by atomic mass is 9.66. The summed E-state index contributed by atoms with van der Waals surface area (Å²) in [5, 5.41) is 10.8. The number of rotatable bonds is 7. The summed E-state index contributed by atoms with van der Waals surface area (Å²) in [6, 6.07) is 1.65. The zero-order valence-electron chi connectivity index (χ0n) is 16.2. The number of carbonyl (C=O) groups excluding carboxylic acids is 1. The van der Waals surface area contributed by atoms with Gasteiger partial charge in [-0.15, -0.1) is 0 Å². The maximum Gasteiger partial charge on any atom is 0.270 e. The second kappa shape index (κ2) is 7.39. The molecule has 7 heteroatoms. The molecule has 2 N–H and O–H groups in total. The van der Waals surface area contributed by atoms with E-state index in [1.165, 1.54) is 17.2 Å². The van der Waals surface area contributed by atoms with Gasteiger partial charge < -0.3 is 15.4 Å². The van der Waals surface area contributed by atoms with Crippen molar-refractivity contribution in [3.05, 3.63) is 22.1 Å². The summed E-state index contributed by atoms with van der Waals surface area (Å²) in [7, 11) is 0. The lowest BCUT2D eigenvalue weighted by molar-refractivity contribution is -0.124. The molecule has 0 unspecified atom stereocenters. The third-order valence-electron chi connectivity index (χ3n) is 5.15. The van der Waals surface area contributed by atoms with E-state index in [0.29, 0.717) is 24.0 Å². The molecular weight excluding hydrogens is 332 g/mol. The standard InChI is InChI=1S/C19H30N4O3/c1-12(2)11-26-15-7-17(25)23(22-18(15)13(3)4)10-16(24)21-14-8-19(9-14)5-6-20-19/h7,12-14,20H,5-6,8-11H2,1-4H3,(H,21,24)/t14-,19+. The van der Waals surface area contributed by atoms with E-state index in [1.807, 2.05) is 13.8 Å². The number of hydrogen-bond donors (Lipinski definition) is 2. The highest BCUT2D eigenvalue weighted by Crippen LogP contribution is 2.39. The Balaban J connectivity index is 1.64. The van der Waals surface area contributed by atoms with Crippen molar-refractivity contribution in [2.75, 3.05) is 13.2 Å². The van der Waals surface area contributed by atoms with Gasteiger partial charge in [-0.1, -0.05) is 27.7 Å². The maximum absolute atomic E-state index is 12.4. The van der Waals surface area contributed by atoms with Gasteiger partial charge in [0.15, 0.2) is 0 Å². The molecule has 0 radical (unpaired) electrons. The van der Waals surface area contributed by atoms with Crippen molar-refractivity contribution < 1.29 is 9.53 Å². The van der Waals surface area contributed by atoms with E-state index in [1.54, 1.807) is 0 Å². The number of amides is 1. The number of nitrogens with zero attached hydrogens (tertiary/aromatic N) is 2. The van der Waals surface area contributed by atoms with Gasteiger partial charge in [0, 0.05) is 23.6 Å². The normalized spacial score (nSPS) is 24.5. The Labute approximate surface area is 154 Å². The number of aromatic nitrogens is 2. The van der Waals surface area contributed by atoms with E-state index in [0.717, 1.165) is 19.4 Å². The van der Waals surface area contributed by atoms with E-state index in [-0.39, 0.29) is 35.5 Å². The quantitative estimate of drug-likeness (QED) is 0.766. The second-order valence-electron chi connectivity index (χ2n) is 8.38. The zero-order valence-corrected chi connectivity index (χ0v) is 16.2. The zero-order chi connectivity index (χ0) is 18.9. The van der Waals surface area contributed by atoms with Gasteiger partial charge in [0.05, 0.1) is 6.61 Å². The van der Waals surface area contributed by atoms with Crippen LogP contribution in [0.5, 0.6) is 5.75 Å². The Morgan fingerprint density at radius 2 is 2.12 bits per heavy atom. The Bertz CT molecular complexity index is 714. The Morgan fingerprint density at radius 1 is 1.42 bits per heavy atom. The van der Waals surface area contributed by atoms with Crippen LogP contribution in [0.2, 0.25) is 0 Å². The van der Waals surface area contributed by atoms with Gasteiger partial charge in [-0.3, -0.25) is 9.59 Å². The number of carbonyl (C=O) groups is 1. The Kier molecular flexibility index (Phi) is 5.37. The van der Waals surface area contributed by atoms with Crippen LogP contribution in [0.4, 0.5) is 0 Å². The second-order valence-corrected chi connectivity index (χ2v) is 8.38. The van der Waals surface area contributed by atoms with Crippen molar-refractivity contribution in [2.45, 2.75) is 71.0 Å². The summed E-state index contributed by atoms with van der Waals surface area (Å²) in [6.45, 7) is 9.65. The van der Waals surface area contributed by atoms with E-state index >= 15 is 0 Å². The highest BCUT2D eigenvalue weighted by Gasteiger charge is 2.48. The molecule has 1 saturated heterocycles. The van der Waals surface area contributed by atoms with Crippen molar-refractivity contribution in [1.29, 1.82) is 0 Å². The molecule has 1 spiro atoms. The summed E-state index contributed by atoms with van der Waals surface area (Å²) in [6.07, 6.45) is 3.14. The maximum atomic E-state index is 12.4. The SMILES string of the molecule is CC(C)COc1cc(=O)n(CC(=O)N[C@H]2C[C@]3(CCN3)C2)nc1C(C)C. The largest absolute Gasteiger partial charge is 0.491 e. The van der Waals surface area contributed by atoms with Gasteiger partial charge in [-0.2, -0.15) is 5.10 Å². The van der Waals surface area contributed by atoms with Crippen molar-refractivity contribution in [2.24, 2.45) is 5.92 Å². The first-order valence-electron chi connectivity index (χ1n) is 9.57. The molecule has 1 aliphatic carbocycles. The average Bonchev–Trinajstić information content (AvgIpc) is 2.48. The van der Waals surface area contributed by atoms with Crippen LogP contribution in [0.15, 0.2) is 10.9 Å². The molecular formula is C19H30N4O3. The Hall–Kier alpha value is -1.89. The van der Waals surface area contributed by atoms with Crippen LogP contribution in [0.25, 0.3) is 0 Å². The van der Waals surface area contributed by atoms with E-state index in [9.17, 15) is 9.59 Å². The highest BCUT2D eigenvalue weighted by atomic mass is 16.5. The fourth-order valence-electron chi connectivity index (χ4n) is 3.60. The molecule has 144 valence electrons. The number of hydrogen-bond acceptors (Lipinski definition) is 5. The van der Waals surface area contributed by atoms with Crippen LogP contribution in [0, 0.1) is 5.92 Å². The molecule has 7 nitrogen and oxygen atoms in total. The van der Waals surface area contributed by atoms with Crippen molar-refractivity contribution >= 4 is 5.91 Å². The van der Waals surface area contributed by atoms with Crippen LogP contribution >= 0.6 is 0 Å². The van der Waals surface area contributed by atoms with Crippen LogP contribution in [0.3, 0.4) is 0 Å². The summed E-state index contributed by atoms with van der Waals surface area (Å²) >= 11 is 0. The molecule has 0 aromatic carbocycles. The predicted molar refractivity (Wildman–Crippen MR) is 99.4 cm³/mol.